The Kier molecular flexibility index (Phi) is 4.07. The lowest BCUT2D eigenvalue weighted by molar-refractivity contribution is -0.139. The minimum atomic E-state index is -0.456. The second kappa shape index (κ2) is 6.16. The van der Waals surface area contributed by atoms with E-state index in [-0.39, 0.29) is 0 Å². The summed E-state index contributed by atoms with van der Waals surface area (Å²) in [5, 5.41) is 0.566. The lowest BCUT2D eigenvalue weighted by atomic mass is 10.1. The number of rotatable bonds is 3. The fourth-order valence-corrected chi connectivity index (χ4v) is 2.64. The minimum Gasteiger partial charge on any atom is -0.327 e. The second-order valence-corrected chi connectivity index (χ2v) is 5.57. The molecule has 1 saturated heterocycles. The van der Waals surface area contributed by atoms with Gasteiger partial charge in [0.25, 0.3) is 5.91 Å². The summed E-state index contributed by atoms with van der Waals surface area (Å²) in [6.07, 6.45) is 1.70. The Morgan fingerprint density at radius 1 is 1.00 bits per heavy atom. The highest BCUT2D eigenvalue weighted by Gasteiger charge is 2.33. The van der Waals surface area contributed by atoms with Gasteiger partial charge in [-0.05, 0) is 23.3 Å². The van der Waals surface area contributed by atoms with Crippen LogP contribution in [0.2, 0.25) is 5.02 Å². The van der Waals surface area contributed by atoms with E-state index in [2.05, 4.69) is 0 Å². The van der Waals surface area contributed by atoms with Crippen LogP contribution in [0.5, 0.6) is 0 Å². The van der Waals surface area contributed by atoms with E-state index in [4.69, 9.17) is 11.6 Å². The maximum absolute atomic E-state index is 12.1. The van der Waals surface area contributed by atoms with Crippen molar-refractivity contribution in [3.8, 4) is 0 Å². The molecule has 1 heterocycles. The fourth-order valence-electron chi connectivity index (χ4n) is 2.45. The van der Waals surface area contributed by atoms with Crippen LogP contribution < -0.4 is 0 Å². The van der Waals surface area contributed by atoms with Crippen molar-refractivity contribution < 1.29 is 9.59 Å². The standard InChI is InChI=1S/C18H14ClNO2/c19-16-9-5-4-8-14(16)10-15-12-20(18(22)17(15)21)11-13-6-2-1-3-7-13/h1-10H,11-12H2/b15-10+. The molecule has 2 aromatic rings. The van der Waals surface area contributed by atoms with Crippen molar-refractivity contribution in [2.45, 2.75) is 6.54 Å². The smallest absolute Gasteiger partial charge is 0.295 e. The molecule has 0 N–H and O–H groups in total. The first-order valence-electron chi connectivity index (χ1n) is 6.98. The molecule has 3 nitrogen and oxygen atoms in total. The molecule has 110 valence electrons. The number of halogens is 1. The number of nitrogens with zero attached hydrogens (tertiary/aromatic N) is 1. The molecule has 0 saturated carbocycles. The first-order valence-corrected chi connectivity index (χ1v) is 7.35. The van der Waals surface area contributed by atoms with Gasteiger partial charge in [-0.2, -0.15) is 0 Å². The van der Waals surface area contributed by atoms with Crippen LogP contribution in [0, 0.1) is 0 Å². The first-order chi connectivity index (χ1) is 10.6. The molecule has 0 aliphatic carbocycles. The van der Waals surface area contributed by atoms with E-state index in [9.17, 15) is 9.59 Å². The summed E-state index contributed by atoms with van der Waals surface area (Å²) in [6, 6.07) is 16.9. The van der Waals surface area contributed by atoms with E-state index in [1.807, 2.05) is 48.5 Å². The molecule has 4 heteroatoms. The van der Waals surface area contributed by atoms with Gasteiger partial charge in [0.15, 0.2) is 0 Å². The number of likely N-dealkylation sites (tertiary alicyclic amines) is 1. The van der Waals surface area contributed by atoms with Crippen molar-refractivity contribution in [1.29, 1.82) is 0 Å². The topological polar surface area (TPSA) is 37.4 Å². The maximum atomic E-state index is 12.1. The second-order valence-electron chi connectivity index (χ2n) is 5.17. The molecule has 0 atom stereocenters. The number of amides is 1. The average Bonchev–Trinajstić information content (AvgIpc) is 2.79. The summed E-state index contributed by atoms with van der Waals surface area (Å²) >= 11 is 6.10. The predicted molar refractivity (Wildman–Crippen MR) is 86.3 cm³/mol. The van der Waals surface area contributed by atoms with Crippen LogP contribution in [0.1, 0.15) is 11.1 Å². The van der Waals surface area contributed by atoms with Crippen molar-refractivity contribution in [2.24, 2.45) is 0 Å². The van der Waals surface area contributed by atoms with Crippen LogP contribution in [0.4, 0.5) is 0 Å². The molecule has 0 aromatic heterocycles. The Bertz CT molecular complexity index is 753. The average molecular weight is 312 g/mol. The number of ketones is 1. The van der Waals surface area contributed by atoms with Crippen LogP contribution in [-0.4, -0.2) is 23.1 Å². The number of carbonyl (C=O) groups excluding carboxylic acids is 2. The number of hydrogen-bond donors (Lipinski definition) is 0. The number of carbonyl (C=O) groups is 2. The third-order valence-electron chi connectivity index (χ3n) is 3.59. The van der Waals surface area contributed by atoms with Crippen LogP contribution in [0.3, 0.4) is 0 Å². The van der Waals surface area contributed by atoms with E-state index in [0.717, 1.165) is 11.1 Å². The zero-order valence-corrected chi connectivity index (χ0v) is 12.6. The maximum Gasteiger partial charge on any atom is 0.295 e. The van der Waals surface area contributed by atoms with Gasteiger partial charge in [0.1, 0.15) is 0 Å². The highest BCUT2D eigenvalue weighted by Crippen LogP contribution is 2.23. The van der Waals surface area contributed by atoms with Crippen LogP contribution in [-0.2, 0) is 16.1 Å². The molecule has 0 unspecified atom stereocenters. The Hall–Kier alpha value is -2.39. The molecule has 0 radical (unpaired) electrons. The van der Waals surface area contributed by atoms with Crippen molar-refractivity contribution >= 4 is 29.4 Å². The molecule has 0 bridgehead atoms. The molecule has 1 aliphatic rings. The summed E-state index contributed by atoms with van der Waals surface area (Å²) < 4.78 is 0. The van der Waals surface area contributed by atoms with Gasteiger partial charge in [0.05, 0.1) is 6.54 Å². The third kappa shape index (κ3) is 2.95. The number of Topliss-reactive ketones (excluding diaryl/α,β-unsaturated/α-hetero) is 1. The Labute approximate surface area is 133 Å². The van der Waals surface area contributed by atoms with Gasteiger partial charge < -0.3 is 4.90 Å². The highest BCUT2D eigenvalue weighted by atomic mass is 35.5. The minimum absolute atomic E-state index is 0.317. The summed E-state index contributed by atoms with van der Waals surface area (Å²) in [5.41, 5.74) is 2.23. The van der Waals surface area contributed by atoms with Gasteiger partial charge in [0.2, 0.25) is 5.78 Å². The predicted octanol–water partition coefficient (Wildman–Crippen LogP) is 3.33. The van der Waals surface area contributed by atoms with Gasteiger partial charge in [0, 0.05) is 17.1 Å². The van der Waals surface area contributed by atoms with Crippen molar-refractivity contribution in [2.75, 3.05) is 6.54 Å². The van der Waals surface area contributed by atoms with Gasteiger partial charge in [-0.15, -0.1) is 0 Å². The quantitative estimate of drug-likeness (QED) is 0.644. The van der Waals surface area contributed by atoms with E-state index < -0.39 is 11.7 Å². The normalized spacial score (nSPS) is 16.6. The molecular weight excluding hydrogens is 298 g/mol. The van der Waals surface area contributed by atoms with E-state index in [1.54, 1.807) is 17.0 Å². The summed E-state index contributed by atoms with van der Waals surface area (Å²) in [7, 11) is 0. The lowest BCUT2D eigenvalue weighted by Gasteiger charge is -2.13. The lowest BCUT2D eigenvalue weighted by Crippen LogP contribution is -2.26. The van der Waals surface area contributed by atoms with E-state index >= 15 is 0 Å². The molecule has 1 aliphatic heterocycles. The zero-order chi connectivity index (χ0) is 15.5. The number of hydrogen-bond acceptors (Lipinski definition) is 2. The van der Waals surface area contributed by atoms with Crippen molar-refractivity contribution in [3.05, 3.63) is 76.3 Å². The van der Waals surface area contributed by atoms with E-state index in [0.29, 0.717) is 23.7 Å². The summed E-state index contributed by atoms with van der Waals surface area (Å²) in [6.45, 7) is 0.753. The van der Waals surface area contributed by atoms with E-state index in [1.165, 1.54) is 0 Å². The molecule has 1 amide bonds. The zero-order valence-electron chi connectivity index (χ0n) is 11.8. The van der Waals surface area contributed by atoms with Gasteiger partial charge in [-0.3, -0.25) is 9.59 Å². The third-order valence-corrected chi connectivity index (χ3v) is 3.93. The molecule has 1 fully saturated rings. The van der Waals surface area contributed by atoms with Crippen molar-refractivity contribution in [3.63, 3.8) is 0 Å². The van der Waals surface area contributed by atoms with Gasteiger partial charge >= 0.3 is 0 Å². The van der Waals surface area contributed by atoms with Crippen LogP contribution >= 0.6 is 11.6 Å². The SMILES string of the molecule is O=C1C(=O)N(Cc2ccccc2)C/C1=C\c1ccccc1Cl. The molecular formula is C18H14ClNO2. The van der Waals surface area contributed by atoms with Crippen LogP contribution in [0.15, 0.2) is 60.2 Å². The van der Waals surface area contributed by atoms with Gasteiger partial charge in [-0.1, -0.05) is 60.1 Å². The molecule has 0 spiro atoms. The largest absolute Gasteiger partial charge is 0.327 e. The first kappa shape index (κ1) is 14.5. The fraction of sp³-hybridized carbons (Fsp3) is 0.111. The van der Waals surface area contributed by atoms with Crippen LogP contribution in [0.25, 0.3) is 6.08 Å². The Morgan fingerprint density at radius 3 is 2.41 bits per heavy atom. The van der Waals surface area contributed by atoms with Gasteiger partial charge in [-0.25, -0.2) is 0 Å². The Balaban J connectivity index is 1.83. The Morgan fingerprint density at radius 2 is 1.68 bits per heavy atom. The summed E-state index contributed by atoms with van der Waals surface area (Å²) in [5.74, 6) is -0.905. The monoisotopic (exact) mass is 311 g/mol. The highest BCUT2D eigenvalue weighted by molar-refractivity contribution is 6.46. The van der Waals surface area contributed by atoms with Crippen molar-refractivity contribution in [1.82, 2.24) is 4.90 Å². The number of benzene rings is 2. The molecule has 2 aromatic carbocycles. The molecule has 3 rings (SSSR count). The summed E-state index contributed by atoms with van der Waals surface area (Å²) in [4.78, 5) is 25.8. The molecule has 22 heavy (non-hydrogen) atoms.